The normalized spacial score (nSPS) is 9.44. The molecule has 0 aliphatic heterocycles. The molecule has 1 aromatic rings. The summed E-state index contributed by atoms with van der Waals surface area (Å²) >= 11 is 3.99. The Balaban J connectivity index is 2.61. The van der Waals surface area contributed by atoms with Gasteiger partial charge in [0.25, 0.3) is 0 Å². The molecule has 0 heterocycles. The van der Waals surface area contributed by atoms with E-state index in [1.807, 2.05) is 36.1 Å². The van der Waals surface area contributed by atoms with Gasteiger partial charge in [0.2, 0.25) is 0 Å². The standard InChI is InChI=1S/C7H7S2/c8-9-6-7-4-2-1-3-5-7/h1-6,8H. The molecule has 47 valence electrons. The van der Waals surface area contributed by atoms with Crippen molar-refractivity contribution in [2.75, 3.05) is 0 Å². The molecule has 0 atom stereocenters. The second kappa shape index (κ2) is 3.85. The fraction of sp³-hybridized carbons (Fsp3) is 0. The Hall–Kier alpha value is -0.0800. The molecule has 9 heavy (non-hydrogen) atoms. The molecule has 2 heteroatoms. The van der Waals surface area contributed by atoms with E-state index in [0.717, 1.165) is 0 Å². The predicted molar refractivity (Wildman–Crippen MR) is 46.4 cm³/mol. The number of rotatable bonds is 2. The van der Waals surface area contributed by atoms with E-state index in [2.05, 4.69) is 11.7 Å². The lowest BCUT2D eigenvalue weighted by atomic mass is 10.2. The van der Waals surface area contributed by atoms with Crippen LogP contribution >= 0.6 is 22.5 Å². The van der Waals surface area contributed by atoms with Crippen molar-refractivity contribution in [2.45, 2.75) is 0 Å². The molecule has 1 radical (unpaired) electrons. The summed E-state index contributed by atoms with van der Waals surface area (Å²) in [5, 5.41) is 0. The smallest absolute Gasteiger partial charge is 0.0566 e. The van der Waals surface area contributed by atoms with Crippen molar-refractivity contribution in [3.8, 4) is 0 Å². The second-order valence-electron chi connectivity index (χ2n) is 1.63. The van der Waals surface area contributed by atoms with Crippen LogP contribution in [0.4, 0.5) is 0 Å². The van der Waals surface area contributed by atoms with E-state index in [-0.39, 0.29) is 0 Å². The Kier molecular flexibility index (Phi) is 3.01. The van der Waals surface area contributed by atoms with Gasteiger partial charge in [0.15, 0.2) is 0 Å². The van der Waals surface area contributed by atoms with Crippen molar-refractivity contribution >= 4 is 22.5 Å². The molecule has 0 aliphatic carbocycles. The van der Waals surface area contributed by atoms with E-state index in [4.69, 9.17) is 0 Å². The van der Waals surface area contributed by atoms with Crippen LogP contribution in [0.5, 0.6) is 0 Å². The molecule has 0 unspecified atom stereocenters. The molecule has 0 spiro atoms. The summed E-state index contributed by atoms with van der Waals surface area (Å²) in [5.74, 6) is 1.99. The Morgan fingerprint density at radius 3 is 2.44 bits per heavy atom. The lowest BCUT2D eigenvalue weighted by Crippen LogP contribution is -1.70. The van der Waals surface area contributed by atoms with Crippen LogP contribution in [0.15, 0.2) is 30.3 Å². The molecular weight excluding hydrogens is 148 g/mol. The summed E-state index contributed by atoms with van der Waals surface area (Å²) in [7, 11) is 1.42. The van der Waals surface area contributed by atoms with Gasteiger partial charge >= 0.3 is 0 Å². The van der Waals surface area contributed by atoms with Gasteiger partial charge in [-0.3, -0.25) is 0 Å². The van der Waals surface area contributed by atoms with Crippen molar-refractivity contribution < 1.29 is 0 Å². The summed E-state index contributed by atoms with van der Waals surface area (Å²) < 4.78 is 0. The third-order valence-electron chi connectivity index (χ3n) is 0.988. The highest BCUT2D eigenvalue weighted by molar-refractivity contribution is 8.69. The van der Waals surface area contributed by atoms with Gasteiger partial charge in [-0.2, -0.15) is 0 Å². The van der Waals surface area contributed by atoms with Crippen molar-refractivity contribution in [1.82, 2.24) is 0 Å². The molecular formula is C7H7S2. The van der Waals surface area contributed by atoms with Crippen molar-refractivity contribution in [3.05, 3.63) is 41.6 Å². The number of benzene rings is 1. The fourth-order valence-corrected chi connectivity index (χ4v) is 1.24. The van der Waals surface area contributed by atoms with Crippen molar-refractivity contribution in [2.24, 2.45) is 0 Å². The van der Waals surface area contributed by atoms with Gasteiger partial charge in [0, 0.05) is 0 Å². The zero-order valence-electron chi connectivity index (χ0n) is 4.82. The maximum Gasteiger partial charge on any atom is 0.0566 e. The number of hydrogen-bond donors (Lipinski definition) is 1. The third kappa shape index (κ3) is 2.33. The van der Waals surface area contributed by atoms with Gasteiger partial charge in [0.1, 0.15) is 0 Å². The minimum absolute atomic E-state index is 1.21. The van der Waals surface area contributed by atoms with E-state index in [1.54, 1.807) is 0 Å². The van der Waals surface area contributed by atoms with Crippen molar-refractivity contribution in [1.29, 1.82) is 0 Å². The minimum atomic E-state index is 1.21. The van der Waals surface area contributed by atoms with Crippen LogP contribution in [-0.2, 0) is 0 Å². The number of thiol groups is 1. The van der Waals surface area contributed by atoms with Gasteiger partial charge in [-0.05, 0) is 5.56 Å². The van der Waals surface area contributed by atoms with E-state index in [1.165, 1.54) is 16.4 Å². The fourth-order valence-electron chi connectivity index (χ4n) is 0.592. The van der Waals surface area contributed by atoms with Crippen LogP contribution in [0.2, 0.25) is 0 Å². The van der Waals surface area contributed by atoms with Crippen LogP contribution in [0.1, 0.15) is 5.56 Å². The highest BCUT2D eigenvalue weighted by Gasteiger charge is 1.86. The van der Waals surface area contributed by atoms with Crippen molar-refractivity contribution in [3.63, 3.8) is 0 Å². The molecule has 0 N–H and O–H groups in total. The van der Waals surface area contributed by atoms with E-state index in [9.17, 15) is 0 Å². The summed E-state index contributed by atoms with van der Waals surface area (Å²) in [6, 6.07) is 10.1. The SMILES string of the molecule is SS[CH]c1ccccc1. The first-order valence-electron chi connectivity index (χ1n) is 2.62. The first-order valence-corrected chi connectivity index (χ1v) is 4.55. The lowest BCUT2D eigenvalue weighted by Gasteiger charge is -1.92. The topological polar surface area (TPSA) is 0 Å². The summed E-state index contributed by atoms with van der Waals surface area (Å²) in [6.45, 7) is 0. The summed E-state index contributed by atoms with van der Waals surface area (Å²) in [4.78, 5) is 0. The van der Waals surface area contributed by atoms with Gasteiger partial charge in [-0.25, -0.2) is 0 Å². The Morgan fingerprint density at radius 1 is 1.22 bits per heavy atom. The largest absolute Gasteiger partial charge is 0.111 e. The van der Waals surface area contributed by atoms with Gasteiger partial charge in [0.05, 0.1) is 5.75 Å². The molecule has 0 amide bonds. The average molecular weight is 155 g/mol. The molecule has 0 aromatic heterocycles. The molecule has 0 fully saturated rings. The van der Waals surface area contributed by atoms with Crippen LogP contribution in [-0.4, -0.2) is 0 Å². The van der Waals surface area contributed by atoms with Crippen LogP contribution in [0.25, 0.3) is 0 Å². The van der Waals surface area contributed by atoms with Gasteiger partial charge in [-0.1, -0.05) is 41.1 Å². The monoisotopic (exact) mass is 155 g/mol. The minimum Gasteiger partial charge on any atom is -0.111 e. The molecule has 0 nitrogen and oxygen atoms in total. The Morgan fingerprint density at radius 2 is 1.89 bits per heavy atom. The van der Waals surface area contributed by atoms with E-state index in [0.29, 0.717) is 0 Å². The van der Waals surface area contributed by atoms with E-state index >= 15 is 0 Å². The van der Waals surface area contributed by atoms with Crippen LogP contribution in [0.3, 0.4) is 0 Å². The maximum absolute atomic E-state index is 3.99. The highest BCUT2D eigenvalue weighted by atomic mass is 33.1. The van der Waals surface area contributed by atoms with Gasteiger partial charge in [-0.15, -0.1) is 11.7 Å². The zero-order chi connectivity index (χ0) is 6.53. The van der Waals surface area contributed by atoms with Crippen LogP contribution < -0.4 is 0 Å². The third-order valence-corrected chi connectivity index (χ3v) is 1.68. The molecule has 0 aliphatic rings. The Labute approximate surface area is 64.5 Å². The zero-order valence-corrected chi connectivity index (χ0v) is 6.53. The first kappa shape index (κ1) is 7.03. The molecule has 1 aromatic carbocycles. The molecule has 1 rings (SSSR count). The summed E-state index contributed by atoms with van der Waals surface area (Å²) in [6.07, 6.45) is 0. The average Bonchev–Trinajstić information content (AvgIpc) is 1.91. The van der Waals surface area contributed by atoms with E-state index < -0.39 is 0 Å². The number of hydrogen-bond acceptors (Lipinski definition) is 2. The Bertz CT molecular complexity index is 160. The predicted octanol–water partition coefficient (Wildman–Crippen LogP) is 2.77. The highest BCUT2D eigenvalue weighted by Crippen LogP contribution is 2.16. The van der Waals surface area contributed by atoms with Crippen LogP contribution in [0, 0.1) is 5.75 Å². The molecule has 0 bridgehead atoms. The summed E-state index contributed by atoms with van der Waals surface area (Å²) in [5.41, 5.74) is 1.21. The second-order valence-corrected chi connectivity index (χ2v) is 2.71. The molecule has 0 saturated heterocycles. The van der Waals surface area contributed by atoms with Gasteiger partial charge < -0.3 is 0 Å². The lowest BCUT2D eigenvalue weighted by molar-refractivity contribution is 1.60. The quantitative estimate of drug-likeness (QED) is 0.506. The first-order chi connectivity index (χ1) is 4.43. The molecule has 0 saturated carbocycles. The maximum atomic E-state index is 3.99.